The van der Waals surface area contributed by atoms with E-state index in [0.29, 0.717) is 38.5 Å². The summed E-state index contributed by atoms with van der Waals surface area (Å²) in [7, 11) is 0. The first-order chi connectivity index (χ1) is 11.9. The highest BCUT2D eigenvalue weighted by Gasteiger charge is 2.33. The Morgan fingerprint density at radius 3 is 2.48 bits per heavy atom. The molecule has 0 N–H and O–H groups in total. The third-order valence-corrected chi connectivity index (χ3v) is 5.09. The van der Waals surface area contributed by atoms with Crippen molar-refractivity contribution in [1.82, 2.24) is 14.9 Å². The van der Waals surface area contributed by atoms with E-state index >= 15 is 0 Å². The van der Waals surface area contributed by atoms with Gasteiger partial charge in [-0.15, -0.1) is 0 Å². The molecule has 0 atom stereocenters. The summed E-state index contributed by atoms with van der Waals surface area (Å²) in [4.78, 5) is 23.4. The van der Waals surface area contributed by atoms with Gasteiger partial charge in [-0.1, -0.05) is 25.7 Å². The zero-order valence-electron chi connectivity index (χ0n) is 14.1. The fraction of sp³-hybridized carbons (Fsp3) is 0.706. The molecule has 3 rings (SSSR count). The number of hydrogen-bond donors (Lipinski definition) is 0. The van der Waals surface area contributed by atoms with Gasteiger partial charge in [0.1, 0.15) is 5.69 Å². The summed E-state index contributed by atoms with van der Waals surface area (Å²) in [6, 6.07) is 0.867. The van der Waals surface area contributed by atoms with Crippen LogP contribution in [0.2, 0.25) is 0 Å². The highest BCUT2D eigenvalue weighted by Crippen LogP contribution is 2.29. The van der Waals surface area contributed by atoms with Crippen LogP contribution in [0.3, 0.4) is 0 Å². The van der Waals surface area contributed by atoms with E-state index in [4.69, 9.17) is 0 Å². The Labute approximate surface area is 145 Å². The molecule has 1 aliphatic heterocycles. The van der Waals surface area contributed by atoms with Gasteiger partial charge in [-0.25, -0.2) is 9.97 Å². The number of carbonyl (C=O) groups excluding carboxylic acids is 1. The molecule has 1 aliphatic carbocycles. The minimum absolute atomic E-state index is 0.0767. The van der Waals surface area contributed by atoms with Gasteiger partial charge < -0.3 is 9.80 Å². The van der Waals surface area contributed by atoms with Crippen molar-refractivity contribution in [3.63, 3.8) is 0 Å². The molecule has 25 heavy (non-hydrogen) atoms. The number of anilines is 1. The number of hydrogen-bond acceptors (Lipinski definition) is 4. The third-order valence-electron chi connectivity index (χ3n) is 5.09. The average molecular weight is 356 g/mol. The first-order valence-electron chi connectivity index (χ1n) is 8.86. The lowest BCUT2D eigenvalue weighted by atomic mass is 10.0. The van der Waals surface area contributed by atoms with Gasteiger partial charge in [0.15, 0.2) is 0 Å². The molecule has 0 spiro atoms. The molecule has 8 heteroatoms. The van der Waals surface area contributed by atoms with E-state index < -0.39 is 11.9 Å². The number of carbonyl (C=O) groups is 1. The smallest absolute Gasteiger partial charge is 0.339 e. The van der Waals surface area contributed by atoms with Crippen LogP contribution >= 0.6 is 0 Å². The van der Waals surface area contributed by atoms with Crippen LogP contribution in [0.5, 0.6) is 0 Å². The van der Waals surface area contributed by atoms with Crippen LogP contribution in [-0.2, 0) is 11.0 Å². The minimum atomic E-state index is -4.48. The second-order valence-electron chi connectivity index (χ2n) is 6.80. The zero-order chi connectivity index (χ0) is 17.9. The molecule has 2 aliphatic rings. The average Bonchev–Trinajstić information content (AvgIpc) is 3.13. The van der Waals surface area contributed by atoms with Gasteiger partial charge in [0.05, 0.1) is 0 Å². The maximum atomic E-state index is 12.8. The Kier molecular flexibility index (Phi) is 5.44. The van der Waals surface area contributed by atoms with Gasteiger partial charge in [0.2, 0.25) is 11.9 Å². The van der Waals surface area contributed by atoms with Gasteiger partial charge >= 0.3 is 6.18 Å². The molecule has 1 saturated heterocycles. The molecule has 0 aromatic carbocycles. The molecular formula is C17H23F3N4O. The topological polar surface area (TPSA) is 49.3 Å². The van der Waals surface area contributed by atoms with Crippen LogP contribution < -0.4 is 4.90 Å². The molecule has 2 fully saturated rings. The van der Waals surface area contributed by atoms with Crippen LogP contribution in [0.25, 0.3) is 0 Å². The highest BCUT2D eigenvalue weighted by molar-refractivity contribution is 5.76. The lowest BCUT2D eigenvalue weighted by Crippen LogP contribution is -2.49. The van der Waals surface area contributed by atoms with E-state index in [2.05, 4.69) is 9.97 Å². The second kappa shape index (κ2) is 7.58. The van der Waals surface area contributed by atoms with Gasteiger partial charge in [-0.05, 0) is 18.4 Å². The molecule has 1 aromatic rings. The van der Waals surface area contributed by atoms with Crippen molar-refractivity contribution in [3.8, 4) is 0 Å². The number of nitrogens with zero attached hydrogens (tertiary/aromatic N) is 4. The molecule has 0 bridgehead atoms. The highest BCUT2D eigenvalue weighted by atomic mass is 19.4. The van der Waals surface area contributed by atoms with Crippen molar-refractivity contribution in [1.29, 1.82) is 0 Å². The molecule has 138 valence electrons. The van der Waals surface area contributed by atoms with E-state index in [1.54, 1.807) is 9.80 Å². The van der Waals surface area contributed by atoms with Crippen LogP contribution in [0, 0.1) is 5.92 Å². The Bertz CT molecular complexity index is 594. The maximum absolute atomic E-state index is 12.8. The number of piperazine rings is 1. The summed E-state index contributed by atoms with van der Waals surface area (Å²) >= 11 is 0. The summed E-state index contributed by atoms with van der Waals surface area (Å²) in [6.45, 7) is 1.92. The van der Waals surface area contributed by atoms with Crippen molar-refractivity contribution in [2.24, 2.45) is 5.92 Å². The van der Waals surface area contributed by atoms with Gasteiger partial charge in [-0.2, -0.15) is 13.2 Å². The second-order valence-corrected chi connectivity index (χ2v) is 6.80. The van der Waals surface area contributed by atoms with Crippen LogP contribution in [0.15, 0.2) is 12.3 Å². The SMILES string of the molecule is O=C(CCC1CCCC1)N1CCN(c2nccc(C(F)(F)F)n2)CC1. The van der Waals surface area contributed by atoms with Crippen molar-refractivity contribution in [3.05, 3.63) is 18.0 Å². The van der Waals surface area contributed by atoms with Crippen molar-refractivity contribution in [2.45, 2.75) is 44.7 Å². The van der Waals surface area contributed by atoms with E-state index in [1.165, 1.54) is 25.7 Å². The van der Waals surface area contributed by atoms with Gasteiger partial charge in [0, 0.05) is 38.8 Å². The number of aromatic nitrogens is 2. The Morgan fingerprint density at radius 2 is 1.84 bits per heavy atom. The van der Waals surface area contributed by atoms with Crippen LogP contribution in [0.4, 0.5) is 19.1 Å². The van der Waals surface area contributed by atoms with E-state index in [-0.39, 0.29) is 11.9 Å². The monoisotopic (exact) mass is 356 g/mol. The lowest BCUT2D eigenvalue weighted by molar-refractivity contribution is -0.141. The van der Waals surface area contributed by atoms with Crippen molar-refractivity contribution < 1.29 is 18.0 Å². The van der Waals surface area contributed by atoms with Gasteiger partial charge in [-0.3, -0.25) is 4.79 Å². The molecule has 1 aromatic heterocycles. The Balaban J connectivity index is 1.50. The fourth-order valence-electron chi connectivity index (χ4n) is 3.60. The quantitative estimate of drug-likeness (QED) is 0.832. The molecule has 0 unspecified atom stereocenters. The standard InChI is InChI=1S/C17H23F3N4O/c18-17(19,20)14-7-8-21-16(22-14)24-11-9-23(10-12-24)15(25)6-5-13-3-1-2-4-13/h7-8,13H,1-6,9-12H2. The largest absolute Gasteiger partial charge is 0.433 e. The summed E-state index contributed by atoms with van der Waals surface area (Å²) in [5, 5.41) is 0. The van der Waals surface area contributed by atoms with Crippen molar-refractivity contribution in [2.75, 3.05) is 31.1 Å². The summed E-state index contributed by atoms with van der Waals surface area (Å²) in [5.74, 6) is 0.910. The summed E-state index contributed by atoms with van der Waals surface area (Å²) in [6.07, 6.45) is 3.19. The predicted octanol–water partition coefficient (Wildman–Crippen LogP) is 3.11. The Morgan fingerprint density at radius 1 is 1.16 bits per heavy atom. The van der Waals surface area contributed by atoms with Crippen LogP contribution in [0.1, 0.15) is 44.2 Å². The zero-order valence-corrected chi connectivity index (χ0v) is 14.1. The number of amides is 1. The first-order valence-corrected chi connectivity index (χ1v) is 8.86. The molecule has 5 nitrogen and oxygen atoms in total. The minimum Gasteiger partial charge on any atom is -0.339 e. The van der Waals surface area contributed by atoms with E-state index in [1.807, 2.05) is 0 Å². The number of rotatable bonds is 4. The van der Waals surface area contributed by atoms with Gasteiger partial charge in [0.25, 0.3) is 0 Å². The maximum Gasteiger partial charge on any atom is 0.433 e. The van der Waals surface area contributed by atoms with Crippen LogP contribution in [-0.4, -0.2) is 47.0 Å². The molecule has 2 heterocycles. The molecular weight excluding hydrogens is 333 g/mol. The lowest BCUT2D eigenvalue weighted by Gasteiger charge is -2.35. The third kappa shape index (κ3) is 4.61. The Hall–Kier alpha value is -1.86. The molecule has 1 amide bonds. The van der Waals surface area contributed by atoms with E-state index in [9.17, 15) is 18.0 Å². The normalized spacial score (nSPS) is 19.5. The fourth-order valence-corrected chi connectivity index (χ4v) is 3.60. The van der Waals surface area contributed by atoms with E-state index in [0.717, 1.165) is 18.7 Å². The predicted molar refractivity (Wildman–Crippen MR) is 87.0 cm³/mol. The molecule has 0 radical (unpaired) electrons. The first kappa shape index (κ1) is 17.9. The summed E-state index contributed by atoms with van der Waals surface area (Å²) < 4.78 is 38.3. The van der Waals surface area contributed by atoms with Crippen molar-refractivity contribution >= 4 is 11.9 Å². The number of halogens is 3. The number of alkyl halides is 3. The summed E-state index contributed by atoms with van der Waals surface area (Å²) in [5.41, 5.74) is -0.937. The molecule has 1 saturated carbocycles.